The summed E-state index contributed by atoms with van der Waals surface area (Å²) in [7, 11) is 0. The zero-order valence-electron chi connectivity index (χ0n) is 13.9. The molecule has 0 radical (unpaired) electrons. The Labute approximate surface area is 156 Å². The molecule has 5 nitrogen and oxygen atoms in total. The van der Waals surface area contributed by atoms with E-state index >= 15 is 0 Å². The van der Waals surface area contributed by atoms with Crippen LogP contribution in [0.25, 0.3) is 0 Å². The first-order valence-corrected chi connectivity index (χ1v) is 8.19. The van der Waals surface area contributed by atoms with Gasteiger partial charge in [-0.2, -0.15) is 0 Å². The summed E-state index contributed by atoms with van der Waals surface area (Å²) in [5.74, 6) is 0.0744. The van der Waals surface area contributed by atoms with Gasteiger partial charge in [-0.15, -0.1) is 24.8 Å². The maximum Gasteiger partial charge on any atom is 0.240 e. The van der Waals surface area contributed by atoms with E-state index in [1.807, 2.05) is 13.0 Å². The predicted octanol–water partition coefficient (Wildman–Crippen LogP) is 1.99. The minimum atomic E-state index is -0.221. The van der Waals surface area contributed by atoms with Gasteiger partial charge in [0, 0.05) is 31.4 Å². The molecule has 0 spiro atoms. The molecule has 2 fully saturated rings. The molecule has 2 atom stereocenters. The summed E-state index contributed by atoms with van der Waals surface area (Å²) in [6.07, 6.45) is 1.92. The van der Waals surface area contributed by atoms with Crippen LogP contribution in [0.1, 0.15) is 19.8 Å². The van der Waals surface area contributed by atoms with Crippen LogP contribution >= 0.6 is 24.8 Å². The third-order valence-corrected chi connectivity index (χ3v) is 4.56. The Morgan fingerprint density at radius 1 is 1.21 bits per heavy atom. The number of nitrogens with one attached hydrogen (secondary N) is 2. The van der Waals surface area contributed by atoms with Gasteiger partial charge in [0.15, 0.2) is 0 Å². The Bertz CT molecular complexity index is 496. The number of ether oxygens (including phenoxy) is 1. The van der Waals surface area contributed by atoms with E-state index in [2.05, 4.69) is 39.8 Å². The molecule has 7 heteroatoms. The molecule has 0 saturated carbocycles. The van der Waals surface area contributed by atoms with Crippen molar-refractivity contribution in [1.82, 2.24) is 10.6 Å². The number of para-hydroxylation sites is 1. The molecule has 2 aliphatic rings. The van der Waals surface area contributed by atoms with Gasteiger partial charge in [0.1, 0.15) is 6.04 Å². The van der Waals surface area contributed by atoms with Crippen molar-refractivity contribution in [1.29, 1.82) is 0 Å². The van der Waals surface area contributed by atoms with Crippen LogP contribution in [-0.2, 0) is 9.53 Å². The lowest BCUT2D eigenvalue weighted by atomic mass is 10.0. The molecule has 1 aromatic rings. The first-order chi connectivity index (χ1) is 10.7. The van der Waals surface area contributed by atoms with E-state index in [9.17, 15) is 4.79 Å². The van der Waals surface area contributed by atoms with Gasteiger partial charge < -0.3 is 20.3 Å². The second-order valence-corrected chi connectivity index (χ2v) is 6.11. The van der Waals surface area contributed by atoms with Crippen molar-refractivity contribution in [3.8, 4) is 0 Å². The molecule has 0 bridgehead atoms. The normalized spacial score (nSPS) is 24.5. The van der Waals surface area contributed by atoms with Crippen molar-refractivity contribution in [2.24, 2.45) is 0 Å². The summed E-state index contributed by atoms with van der Waals surface area (Å²) in [6.45, 7) is 5.35. The number of rotatable bonds is 3. The quantitative estimate of drug-likeness (QED) is 0.847. The lowest BCUT2D eigenvalue weighted by Gasteiger charge is -2.36. The number of carbonyl (C=O) groups excluding carboxylic acids is 1. The van der Waals surface area contributed by atoms with Gasteiger partial charge in [0.05, 0.1) is 12.7 Å². The smallest absolute Gasteiger partial charge is 0.240 e. The highest BCUT2D eigenvalue weighted by molar-refractivity contribution is 5.85. The molecule has 2 N–H and O–H groups in total. The Balaban J connectivity index is 0.00000144. The Kier molecular flexibility index (Phi) is 8.84. The largest absolute Gasteiger partial charge is 0.375 e. The minimum Gasteiger partial charge on any atom is -0.375 e. The van der Waals surface area contributed by atoms with E-state index in [4.69, 9.17) is 4.74 Å². The lowest BCUT2D eigenvalue weighted by molar-refractivity contribution is -0.129. The van der Waals surface area contributed by atoms with Crippen LogP contribution in [0.4, 0.5) is 5.69 Å². The van der Waals surface area contributed by atoms with Crippen LogP contribution in [0.2, 0.25) is 0 Å². The number of carbonyl (C=O) groups is 1. The molecule has 1 aromatic carbocycles. The van der Waals surface area contributed by atoms with Crippen LogP contribution in [0.3, 0.4) is 0 Å². The van der Waals surface area contributed by atoms with E-state index in [1.54, 1.807) is 0 Å². The topological polar surface area (TPSA) is 53.6 Å². The first-order valence-electron chi connectivity index (χ1n) is 8.19. The fourth-order valence-electron chi connectivity index (χ4n) is 3.24. The molecule has 2 aliphatic heterocycles. The number of nitrogens with zero attached hydrogens (tertiary/aromatic N) is 1. The number of hydrogen-bond donors (Lipinski definition) is 2. The van der Waals surface area contributed by atoms with Crippen molar-refractivity contribution in [2.45, 2.75) is 38.0 Å². The molecule has 2 heterocycles. The summed E-state index contributed by atoms with van der Waals surface area (Å²) in [5, 5.41) is 6.43. The number of benzene rings is 1. The standard InChI is InChI=1S/C17H25N3O2.2ClH/c1-13-16(18-9-12-22-13)17(21)19-14-7-10-20(11-8-14)15-5-3-2-4-6-15;;/h2-6,13-14,16,18H,7-12H2,1H3,(H,19,21);2*1H/t13-,16+;;/m1../s1. The fourth-order valence-corrected chi connectivity index (χ4v) is 3.24. The molecule has 0 aliphatic carbocycles. The molecule has 0 aromatic heterocycles. The van der Waals surface area contributed by atoms with Crippen molar-refractivity contribution < 1.29 is 9.53 Å². The second-order valence-electron chi connectivity index (χ2n) is 6.11. The van der Waals surface area contributed by atoms with Gasteiger partial charge in [0.2, 0.25) is 5.91 Å². The van der Waals surface area contributed by atoms with Crippen LogP contribution in [0, 0.1) is 0 Å². The molecule has 136 valence electrons. The summed E-state index contributed by atoms with van der Waals surface area (Å²) < 4.78 is 5.54. The third-order valence-electron chi connectivity index (χ3n) is 4.56. The fraction of sp³-hybridized carbons (Fsp3) is 0.588. The molecular weight excluding hydrogens is 349 g/mol. The molecular formula is C17H27Cl2N3O2. The van der Waals surface area contributed by atoms with Crippen LogP contribution < -0.4 is 15.5 Å². The molecule has 3 rings (SSSR count). The summed E-state index contributed by atoms with van der Waals surface area (Å²) in [5.41, 5.74) is 1.27. The van der Waals surface area contributed by atoms with Gasteiger partial charge in [0.25, 0.3) is 0 Å². The van der Waals surface area contributed by atoms with Crippen molar-refractivity contribution in [2.75, 3.05) is 31.1 Å². The Hall–Kier alpha value is -1.01. The van der Waals surface area contributed by atoms with E-state index < -0.39 is 0 Å². The van der Waals surface area contributed by atoms with Crippen molar-refractivity contribution in [3.05, 3.63) is 30.3 Å². The zero-order chi connectivity index (χ0) is 15.4. The molecule has 1 amide bonds. The van der Waals surface area contributed by atoms with E-state index in [1.165, 1.54) is 5.69 Å². The Morgan fingerprint density at radius 3 is 2.50 bits per heavy atom. The first kappa shape index (κ1) is 21.0. The van der Waals surface area contributed by atoms with Gasteiger partial charge >= 0.3 is 0 Å². The number of morpholine rings is 1. The number of piperidine rings is 1. The van der Waals surface area contributed by atoms with Gasteiger partial charge in [-0.1, -0.05) is 18.2 Å². The average Bonchev–Trinajstić information content (AvgIpc) is 2.57. The highest BCUT2D eigenvalue weighted by Crippen LogP contribution is 2.19. The summed E-state index contributed by atoms with van der Waals surface area (Å²) in [4.78, 5) is 14.7. The second kappa shape index (κ2) is 10.1. The summed E-state index contributed by atoms with van der Waals surface area (Å²) in [6, 6.07) is 10.5. The van der Waals surface area contributed by atoms with Gasteiger partial charge in [-0.25, -0.2) is 0 Å². The van der Waals surface area contributed by atoms with Crippen LogP contribution in [-0.4, -0.2) is 50.3 Å². The number of anilines is 1. The monoisotopic (exact) mass is 375 g/mol. The lowest BCUT2D eigenvalue weighted by Crippen LogP contribution is -2.58. The van der Waals surface area contributed by atoms with E-state index in [0.29, 0.717) is 6.61 Å². The maximum absolute atomic E-state index is 12.4. The molecule has 2 saturated heterocycles. The van der Waals surface area contributed by atoms with E-state index in [0.717, 1.165) is 32.5 Å². The minimum absolute atomic E-state index is 0. The van der Waals surface area contributed by atoms with Crippen LogP contribution in [0.5, 0.6) is 0 Å². The van der Waals surface area contributed by atoms with E-state index in [-0.39, 0.29) is 48.9 Å². The highest BCUT2D eigenvalue weighted by atomic mass is 35.5. The Morgan fingerprint density at radius 2 is 1.88 bits per heavy atom. The van der Waals surface area contributed by atoms with Crippen LogP contribution in [0.15, 0.2) is 30.3 Å². The molecule has 24 heavy (non-hydrogen) atoms. The maximum atomic E-state index is 12.4. The van der Waals surface area contributed by atoms with Crippen molar-refractivity contribution in [3.63, 3.8) is 0 Å². The predicted molar refractivity (Wildman–Crippen MR) is 102 cm³/mol. The summed E-state index contributed by atoms with van der Waals surface area (Å²) >= 11 is 0. The van der Waals surface area contributed by atoms with Gasteiger partial charge in [-0.05, 0) is 31.9 Å². The SMILES string of the molecule is C[C@H]1OCCN[C@@H]1C(=O)NC1CCN(c2ccccc2)CC1.Cl.Cl. The zero-order valence-corrected chi connectivity index (χ0v) is 15.6. The number of halogens is 2. The van der Waals surface area contributed by atoms with Gasteiger partial charge in [-0.3, -0.25) is 4.79 Å². The van der Waals surface area contributed by atoms with Crippen molar-refractivity contribution >= 4 is 36.4 Å². The third kappa shape index (κ3) is 5.24. The number of hydrogen-bond acceptors (Lipinski definition) is 4. The average molecular weight is 376 g/mol. The molecule has 0 unspecified atom stereocenters. The number of amides is 1. The highest BCUT2D eigenvalue weighted by Gasteiger charge is 2.30.